The third-order valence-corrected chi connectivity index (χ3v) is 3.80. The smallest absolute Gasteiger partial charge is 0.165 e. The van der Waals surface area contributed by atoms with Crippen molar-refractivity contribution in [1.29, 1.82) is 0 Å². The predicted molar refractivity (Wildman–Crippen MR) is 73.0 cm³/mol. The molecule has 0 aromatic heterocycles. The first-order chi connectivity index (χ1) is 9.36. The molecule has 0 spiro atoms. The van der Waals surface area contributed by atoms with Crippen LogP contribution in [0.5, 0.6) is 11.5 Å². The Bertz CT molecular complexity index is 425. The number of ether oxygens (including phenoxy) is 3. The summed E-state index contributed by atoms with van der Waals surface area (Å²) in [6.45, 7) is 2.49. The molecule has 3 rings (SSSR count). The van der Waals surface area contributed by atoms with E-state index < -0.39 is 0 Å². The molecule has 4 nitrogen and oxygen atoms in total. The van der Waals surface area contributed by atoms with E-state index in [1.807, 2.05) is 12.1 Å². The van der Waals surface area contributed by atoms with E-state index in [-0.39, 0.29) is 6.10 Å². The Balaban J connectivity index is 1.79. The minimum absolute atomic E-state index is 0.173. The molecule has 2 aliphatic rings. The van der Waals surface area contributed by atoms with Gasteiger partial charge >= 0.3 is 0 Å². The number of hydrogen-bond donors (Lipinski definition) is 1. The van der Waals surface area contributed by atoms with E-state index in [2.05, 4.69) is 11.4 Å². The van der Waals surface area contributed by atoms with Crippen LogP contribution in [0.2, 0.25) is 0 Å². The molecule has 0 aliphatic carbocycles. The summed E-state index contributed by atoms with van der Waals surface area (Å²) in [5, 5.41) is 3.53. The maximum Gasteiger partial charge on any atom is 0.165 e. The molecule has 0 bridgehead atoms. The zero-order valence-electron chi connectivity index (χ0n) is 11.4. The SMILES string of the molecule is COc1cccc(CC2CCCN2)c1OC1COC1. The van der Waals surface area contributed by atoms with Crippen molar-refractivity contribution < 1.29 is 14.2 Å². The van der Waals surface area contributed by atoms with Crippen LogP contribution in [-0.2, 0) is 11.2 Å². The second-order valence-corrected chi connectivity index (χ2v) is 5.22. The fraction of sp³-hybridized carbons (Fsp3) is 0.600. The number of rotatable bonds is 5. The van der Waals surface area contributed by atoms with Gasteiger partial charge < -0.3 is 19.5 Å². The van der Waals surface area contributed by atoms with Crippen LogP contribution in [0.3, 0.4) is 0 Å². The lowest BCUT2D eigenvalue weighted by molar-refractivity contribution is -0.0806. The number of hydrogen-bond acceptors (Lipinski definition) is 4. The van der Waals surface area contributed by atoms with Gasteiger partial charge in [0.1, 0.15) is 6.10 Å². The normalized spacial score (nSPS) is 23.1. The molecule has 4 heteroatoms. The van der Waals surface area contributed by atoms with Gasteiger partial charge in [-0.15, -0.1) is 0 Å². The highest BCUT2D eigenvalue weighted by molar-refractivity contribution is 5.47. The first kappa shape index (κ1) is 12.8. The van der Waals surface area contributed by atoms with Crippen LogP contribution < -0.4 is 14.8 Å². The van der Waals surface area contributed by atoms with Crippen LogP contribution in [0.15, 0.2) is 18.2 Å². The standard InChI is InChI=1S/C15H21NO3/c1-17-14-6-2-4-11(8-12-5-3-7-16-12)15(14)19-13-9-18-10-13/h2,4,6,12-13,16H,3,5,7-10H2,1H3. The molecule has 1 unspecified atom stereocenters. The monoisotopic (exact) mass is 263 g/mol. The molecular formula is C15H21NO3. The van der Waals surface area contributed by atoms with Crippen molar-refractivity contribution in [3.8, 4) is 11.5 Å². The van der Waals surface area contributed by atoms with Crippen LogP contribution in [0, 0.1) is 0 Å². The summed E-state index contributed by atoms with van der Waals surface area (Å²) in [5.74, 6) is 1.72. The molecular weight excluding hydrogens is 242 g/mol. The summed E-state index contributed by atoms with van der Waals surface area (Å²) < 4.78 is 16.6. The first-order valence-corrected chi connectivity index (χ1v) is 7.00. The summed E-state index contributed by atoms with van der Waals surface area (Å²) >= 11 is 0. The Morgan fingerprint density at radius 2 is 2.26 bits per heavy atom. The molecule has 1 aromatic rings. The van der Waals surface area contributed by atoms with Crippen molar-refractivity contribution in [3.63, 3.8) is 0 Å². The van der Waals surface area contributed by atoms with Crippen molar-refractivity contribution in [2.24, 2.45) is 0 Å². The molecule has 0 saturated carbocycles. The minimum Gasteiger partial charge on any atom is -0.493 e. The molecule has 0 radical (unpaired) electrons. The third kappa shape index (κ3) is 2.85. The molecule has 0 amide bonds. The summed E-state index contributed by atoms with van der Waals surface area (Å²) in [4.78, 5) is 0. The van der Waals surface area contributed by atoms with E-state index in [4.69, 9.17) is 14.2 Å². The highest BCUT2D eigenvalue weighted by Gasteiger charge is 2.24. The summed E-state index contributed by atoms with van der Waals surface area (Å²) in [6.07, 6.45) is 3.68. The number of benzene rings is 1. The van der Waals surface area contributed by atoms with E-state index in [0.717, 1.165) is 24.5 Å². The molecule has 2 aliphatic heterocycles. The van der Waals surface area contributed by atoms with E-state index in [1.165, 1.54) is 18.4 Å². The summed E-state index contributed by atoms with van der Waals surface area (Å²) in [6, 6.07) is 6.69. The number of methoxy groups -OCH3 is 1. The van der Waals surface area contributed by atoms with Gasteiger partial charge in [0, 0.05) is 6.04 Å². The van der Waals surface area contributed by atoms with Crippen molar-refractivity contribution in [2.75, 3.05) is 26.9 Å². The Kier molecular flexibility index (Phi) is 3.89. The van der Waals surface area contributed by atoms with Gasteiger partial charge in [0.05, 0.1) is 20.3 Å². The lowest BCUT2D eigenvalue weighted by Crippen LogP contribution is -2.39. The maximum atomic E-state index is 6.04. The third-order valence-electron chi connectivity index (χ3n) is 3.80. The van der Waals surface area contributed by atoms with Crippen molar-refractivity contribution in [3.05, 3.63) is 23.8 Å². The van der Waals surface area contributed by atoms with E-state index in [1.54, 1.807) is 7.11 Å². The van der Waals surface area contributed by atoms with Gasteiger partial charge in [-0.3, -0.25) is 0 Å². The van der Waals surface area contributed by atoms with Gasteiger partial charge in [-0.1, -0.05) is 12.1 Å². The molecule has 1 N–H and O–H groups in total. The van der Waals surface area contributed by atoms with Gasteiger partial charge in [-0.2, -0.15) is 0 Å². The van der Waals surface area contributed by atoms with E-state index in [0.29, 0.717) is 19.3 Å². The highest BCUT2D eigenvalue weighted by atomic mass is 16.6. The average molecular weight is 263 g/mol. The van der Waals surface area contributed by atoms with Gasteiger partial charge in [-0.05, 0) is 37.4 Å². The van der Waals surface area contributed by atoms with E-state index >= 15 is 0 Å². The highest BCUT2D eigenvalue weighted by Crippen LogP contribution is 2.34. The van der Waals surface area contributed by atoms with Crippen molar-refractivity contribution in [2.45, 2.75) is 31.4 Å². The van der Waals surface area contributed by atoms with Crippen LogP contribution in [0.1, 0.15) is 18.4 Å². The Morgan fingerprint density at radius 1 is 1.37 bits per heavy atom. The molecule has 104 valence electrons. The Hall–Kier alpha value is -1.26. The summed E-state index contributed by atoms with van der Waals surface area (Å²) in [7, 11) is 1.69. The Morgan fingerprint density at radius 3 is 2.89 bits per heavy atom. The van der Waals surface area contributed by atoms with Gasteiger partial charge in [-0.25, -0.2) is 0 Å². The molecule has 19 heavy (non-hydrogen) atoms. The maximum absolute atomic E-state index is 6.04. The van der Waals surface area contributed by atoms with Gasteiger partial charge in [0.25, 0.3) is 0 Å². The first-order valence-electron chi connectivity index (χ1n) is 7.00. The fourth-order valence-corrected chi connectivity index (χ4v) is 2.66. The zero-order valence-corrected chi connectivity index (χ0v) is 11.4. The fourth-order valence-electron chi connectivity index (χ4n) is 2.66. The molecule has 1 aromatic carbocycles. The predicted octanol–water partition coefficient (Wildman–Crippen LogP) is 1.77. The average Bonchev–Trinajstić information content (AvgIpc) is 2.87. The second kappa shape index (κ2) is 5.80. The zero-order chi connectivity index (χ0) is 13.1. The molecule has 2 saturated heterocycles. The van der Waals surface area contributed by atoms with Crippen LogP contribution in [0.25, 0.3) is 0 Å². The quantitative estimate of drug-likeness (QED) is 0.879. The van der Waals surface area contributed by atoms with Crippen molar-refractivity contribution >= 4 is 0 Å². The minimum atomic E-state index is 0.173. The van der Waals surface area contributed by atoms with Crippen molar-refractivity contribution in [1.82, 2.24) is 5.32 Å². The van der Waals surface area contributed by atoms with E-state index in [9.17, 15) is 0 Å². The number of para-hydroxylation sites is 1. The Labute approximate surface area is 114 Å². The van der Waals surface area contributed by atoms with Gasteiger partial charge in [0.15, 0.2) is 11.5 Å². The number of nitrogens with one attached hydrogen (secondary N) is 1. The lowest BCUT2D eigenvalue weighted by Gasteiger charge is -2.29. The molecule has 2 fully saturated rings. The molecule has 1 atom stereocenters. The largest absolute Gasteiger partial charge is 0.493 e. The topological polar surface area (TPSA) is 39.7 Å². The van der Waals surface area contributed by atoms with Gasteiger partial charge in [0.2, 0.25) is 0 Å². The summed E-state index contributed by atoms with van der Waals surface area (Å²) in [5.41, 5.74) is 1.23. The van der Waals surface area contributed by atoms with Crippen LogP contribution in [0.4, 0.5) is 0 Å². The molecule has 2 heterocycles. The van der Waals surface area contributed by atoms with Crippen LogP contribution in [-0.4, -0.2) is 39.0 Å². The second-order valence-electron chi connectivity index (χ2n) is 5.22. The van der Waals surface area contributed by atoms with Crippen LogP contribution >= 0.6 is 0 Å². The lowest BCUT2D eigenvalue weighted by atomic mass is 10.0.